The molecule has 1 aliphatic heterocycles. The highest BCUT2D eigenvalue weighted by atomic mass is 16.2. The van der Waals surface area contributed by atoms with Crippen LogP contribution in [0.15, 0.2) is 84.3 Å². The van der Waals surface area contributed by atoms with Crippen molar-refractivity contribution in [1.29, 1.82) is 0 Å². The topological polar surface area (TPSA) is 47.9 Å². The SMILES string of the molecule is C=C(/C=C\C)/C(C)=C(/N=C(C)C1CCN(C(C)(C)C)CC1)c1cccc(C)c1.C=C(C)NC1CCCCC1.C=CO. The Balaban J connectivity index is 0.000000534. The minimum absolute atomic E-state index is 0.253. The zero-order chi connectivity index (χ0) is 31.0. The van der Waals surface area contributed by atoms with Crippen molar-refractivity contribution in [3.63, 3.8) is 0 Å². The van der Waals surface area contributed by atoms with Crippen molar-refractivity contribution in [3.05, 3.63) is 90.4 Å². The van der Waals surface area contributed by atoms with E-state index in [0.29, 0.717) is 5.92 Å². The standard InChI is InChI=1S/C26H38N2.C9H17N.C2H4O/c1-9-11-20(3)21(4)25(24-13-10-12-19(2)18-24)27-22(5)23-14-16-28(17-15-23)26(6,7)8;1-8(2)10-9-6-4-3-5-7-9;1-2-3/h9-13,18,23H,3,14-17H2,1-2,4-8H3;9-10H,1,3-7H2,2H3;2-3H,1H2/b11-9-,25-21+,27-22?;;. The number of piperidine rings is 1. The summed E-state index contributed by atoms with van der Waals surface area (Å²) in [6.07, 6.45) is 14.1. The Hall–Kier alpha value is -2.85. The Labute approximate surface area is 252 Å². The maximum absolute atomic E-state index is 7.33. The summed E-state index contributed by atoms with van der Waals surface area (Å²) in [5.74, 6) is 0.557. The molecule has 0 atom stereocenters. The van der Waals surface area contributed by atoms with Gasteiger partial charge in [0.25, 0.3) is 0 Å². The molecular formula is C37H59N3O. The predicted molar refractivity (Wildman–Crippen MR) is 183 cm³/mol. The van der Waals surface area contributed by atoms with Crippen molar-refractivity contribution in [1.82, 2.24) is 10.2 Å². The van der Waals surface area contributed by atoms with Crippen LogP contribution >= 0.6 is 0 Å². The minimum atomic E-state index is 0.253. The van der Waals surface area contributed by atoms with Crippen molar-refractivity contribution in [2.45, 2.75) is 112 Å². The van der Waals surface area contributed by atoms with Crippen LogP contribution in [0.25, 0.3) is 5.70 Å². The van der Waals surface area contributed by atoms with Crippen molar-refractivity contribution >= 4 is 11.4 Å². The fraction of sp³-hybridized carbons (Fsp3) is 0.541. The molecule has 41 heavy (non-hydrogen) atoms. The molecule has 1 aliphatic carbocycles. The Kier molecular flexibility index (Phi) is 16.4. The molecule has 0 aromatic heterocycles. The molecule has 1 aromatic rings. The molecule has 0 bridgehead atoms. The second-order valence-electron chi connectivity index (χ2n) is 12.5. The summed E-state index contributed by atoms with van der Waals surface area (Å²) in [4.78, 5) is 7.78. The lowest BCUT2D eigenvalue weighted by molar-refractivity contribution is 0.100. The van der Waals surface area contributed by atoms with E-state index in [4.69, 9.17) is 10.1 Å². The van der Waals surface area contributed by atoms with Crippen molar-refractivity contribution in [2.24, 2.45) is 10.9 Å². The van der Waals surface area contributed by atoms with Gasteiger partial charge in [0.05, 0.1) is 12.0 Å². The van der Waals surface area contributed by atoms with Crippen LogP contribution in [0.4, 0.5) is 0 Å². The molecule has 3 rings (SSSR count). The van der Waals surface area contributed by atoms with Gasteiger partial charge in [-0.25, -0.2) is 0 Å². The zero-order valence-electron chi connectivity index (χ0n) is 27.5. The first-order valence-corrected chi connectivity index (χ1v) is 15.4. The van der Waals surface area contributed by atoms with Crippen molar-refractivity contribution in [2.75, 3.05) is 13.1 Å². The van der Waals surface area contributed by atoms with E-state index in [1.54, 1.807) is 0 Å². The van der Waals surface area contributed by atoms with E-state index in [2.05, 4.69) is 102 Å². The molecule has 2 N–H and O–H groups in total. The first-order chi connectivity index (χ1) is 19.3. The first-order valence-electron chi connectivity index (χ1n) is 15.4. The molecule has 1 aromatic carbocycles. The number of allylic oxidation sites excluding steroid dienone is 5. The second-order valence-corrected chi connectivity index (χ2v) is 12.5. The molecule has 4 heteroatoms. The number of benzene rings is 1. The van der Waals surface area contributed by atoms with Crippen LogP contribution in [-0.4, -0.2) is 40.4 Å². The normalized spacial score (nSPS) is 17.9. The molecule has 1 saturated carbocycles. The van der Waals surface area contributed by atoms with Gasteiger partial charge in [-0.15, -0.1) is 0 Å². The van der Waals surface area contributed by atoms with E-state index in [-0.39, 0.29) is 5.54 Å². The van der Waals surface area contributed by atoms with Gasteiger partial charge in [-0.3, -0.25) is 9.89 Å². The summed E-state index contributed by atoms with van der Waals surface area (Å²) in [6, 6.07) is 9.36. The van der Waals surface area contributed by atoms with E-state index >= 15 is 0 Å². The first kappa shape index (κ1) is 36.2. The van der Waals surface area contributed by atoms with Crippen molar-refractivity contribution < 1.29 is 5.11 Å². The van der Waals surface area contributed by atoms with E-state index in [0.717, 1.165) is 47.9 Å². The fourth-order valence-corrected chi connectivity index (χ4v) is 5.47. The van der Waals surface area contributed by atoms with Crippen LogP contribution in [0.5, 0.6) is 0 Å². The van der Waals surface area contributed by atoms with Crippen LogP contribution in [-0.2, 0) is 0 Å². The third-order valence-electron chi connectivity index (χ3n) is 7.87. The van der Waals surface area contributed by atoms with Gasteiger partial charge < -0.3 is 10.4 Å². The smallest absolute Gasteiger partial charge is 0.0736 e. The minimum Gasteiger partial charge on any atom is -0.516 e. The summed E-state index contributed by atoms with van der Waals surface area (Å²) < 4.78 is 0. The van der Waals surface area contributed by atoms with Crippen molar-refractivity contribution in [3.8, 4) is 0 Å². The molecule has 2 aliphatic rings. The molecule has 4 nitrogen and oxygen atoms in total. The highest BCUT2D eigenvalue weighted by Gasteiger charge is 2.28. The molecule has 0 unspecified atom stereocenters. The highest BCUT2D eigenvalue weighted by Crippen LogP contribution is 2.29. The zero-order valence-corrected chi connectivity index (χ0v) is 27.5. The van der Waals surface area contributed by atoms with Crippen LogP contribution in [0.1, 0.15) is 105 Å². The number of aliphatic hydroxyl groups excluding tert-OH is 1. The van der Waals surface area contributed by atoms with E-state index in [9.17, 15) is 0 Å². The lowest BCUT2D eigenvalue weighted by atomic mass is 9.89. The van der Waals surface area contributed by atoms with Gasteiger partial charge in [-0.05, 0) is 117 Å². The van der Waals surface area contributed by atoms with Crippen LogP contribution < -0.4 is 5.32 Å². The molecule has 1 heterocycles. The molecule has 0 spiro atoms. The van der Waals surface area contributed by atoms with Gasteiger partial charge >= 0.3 is 0 Å². The quantitative estimate of drug-likeness (QED) is 0.198. The predicted octanol–water partition coefficient (Wildman–Crippen LogP) is 9.96. The Bertz CT molecular complexity index is 1060. The van der Waals surface area contributed by atoms with Gasteiger partial charge in [-0.2, -0.15) is 0 Å². The van der Waals surface area contributed by atoms with Gasteiger partial charge in [0, 0.05) is 28.6 Å². The summed E-state index contributed by atoms with van der Waals surface area (Å²) in [5.41, 5.74) is 8.28. The maximum atomic E-state index is 7.33. The largest absolute Gasteiger partial charge is 0.516 e. The molecule has 0 amide bonds. The monoisotopic (exact) mass is 561 g/mol. The number of nitrogens with one attached hydrogen (secondary N) is 1. The third kappa shape index (κ3) is 13.6. The van der Waals surface area contributed by atoms with E-state index in [1.165, 1.54) is 61.8 Å². The number of rotatable bonds is 7. The van der Waals surface area contributed by atoms with Gasteiger partial charge in [0.2, 0.25) is 0 Å². The van der Waals surface area contributed by atoms with Crippen LogP contribution in [0.2, 0.25) is 0 Å². The number of nitrogens with zero attached hydrogens (tertiary/aromatic N) is 2. The Morgan fingerprint density at radius 3 is 2.10 bits per heavy atom. The molecule has 0 radical (unpaired) electrons. The maximum Gasteiger partial charge on any atom is 0.0736 e. The number of likely N-dealkylation sites (tertiary alicyclic amines) is 1. The van der Waals surface area contributed by atoms with E-state index < -0.39 is 0 Å². The molecule has 1 saturated heterocycles. The number of aliphatic imine (C=N–C) groups is 1. The number of aliphatic hydroxyl groups is 1. The Morgan fingerprint density at radius 1 is 1.02 bits per heavy atom. The van der Waals surface area contributed by atoms with E-state index in [1.807, 2.05) is 19.9 Å². The summed E-state index contributed by atoms with van der Waals surface area (Å²) in [6.45, 7) is 30.8. The van der Waals surface area contributed by atoms with Crippen LogP contribution in [0.3, 0.4) is 0 Å². The average molecular weight is 562 g/mol. The molecule has 2 fully saturated rings. The van der Waals surface area contributed by atoms with Gasteiger partial charge in [0.15, 0.2) is 0 Å². The lowest BCUT2D eigenvalue weighted by Crippen LogP contribution is -2.46. The molecular weight excluding hydrogens is 502 g/mol. The van der Waals surface area contributed by atoms with Gasteiger partial charge in [-0.1, -0.05) is 74.9 Å². The number of aryl methyl sites for hydroxylation is 1. The Morgan fingerprint density at radius 2 is 1.61 bits per heavy atom. The second kappa shape index (κ2) is 18.6. The number of hydrogen-bond acceptors (Lipinski definition) is 4. The summed E-state index contributed by atoms with van der Waals surface area (Å²) in [7, 11) is 0. The van der Waals surface area contributed by atoms with Crippen LogP contribution in [0, 0.1) is 12.8 Å². The fourth-order valence-electron chi connectivity index (χ4n) is 5.47. The lowest BCUT2D eigenvalue weighted by Gasteiger charge is -2.41. The summed E-state index contributed by atoms with van der Waals surface area (Å²) in [5, 5.41) is 10.7. The number of hydrogen-bond donors (Lipinski definition) is 2. The van der Waals surface area contributed by atoms with Gasteiger partial charge in [0.1, 0.15) is 0 Å². The highest BCUT2D eigenvalue weighted by molar-refractivity contribution is 5.91. The molecule has 228 valence electrons. The summed E-state index contributed by atoms with van der Waals surface area (Å²) >= 11 is 0. The average Bonchev–Trinajstić information content (AvgIpc) is 2.92. The third-order valence-corrected chi connectivity index (χ3v) is 7.87.